The van der Waals surface area contributed by atoms with Gasteiger partial charge in [-0.25, -0.2) is 4.98 Å². The number of likely N-dealkylation sites (tertiary alicyclic amines) is 1. The molecule has 0 N–H and O–H groups in total. The number of aromatic nitrogens is 2. The SMILES string of the molecule is COCCN1CCC2(CC1)CC(N(C(=O)c1cccc(C)c1)[C@@H](COc1cc(-c3c(C)cccc3C)nc(C)n1)CC(C)C)C2. The van der Waals surface area contributed by atoms with Gasteiger partial charge in [-0.05, 0) is 107 Å². The molecule has 2 fully saturated rings. The molecule has 7 heteroatoms. The van der Waals surface area contributed by atoms with Crippen LogP contribution in [0.5, 0.6) is 5.88 Å². The van der Waals surface area contributed by atoms with Gasteiger partial charge in [-0.15, -0.1) is 0 Å². The lowest BCUT2D eigenvalue weighted by molar-refractivity contribution is -0.0544. The molecule has 7 nitrogen and oxygen atoms in total. The first kappa shape index (κ1) is 33.1. The fourth-order valence-electron chi connectivity index (χ4n) is 7.52. The number of hydrogen-bond acceptors (Lipinski definition) is 6. The van der Waals surface area contributed by atoms with Crippen LogP contribution in [0.2, 0.25) is 0 Å². The Balaban J connectivity index is 1.39. The molecule has 5 rings (SSSR count). The first-order valence-corrected chi connectivity index (χ1v) is 16.7. The Kier molecular flexibility index (Phi) is 10.6. The van der Waals surface area contributed by atoms with Crippen molar-refractivity contribution in [2.75, 3.05) is 40.0 Å². The van der Waals surface area contributed by atoms with Gasteiger partial charge < -0.3 is 19.3 Å². The van der Waals surface area contributed by atoms with Crippen molar-refractivity contribution in [3.63, 3.8) is 0 Å². The van der Waals surface area contributed by atoms with E-state index in [9.17, 15) is 4.79 Å². The van der Waals surface area contributed by atoms with Crippen molar-refractivity contribution in [2.24, 2.45) is 11.3 Å². The highest BCUT2D eigenvalue weighted by molar-refractivity contribution is 5.95. The van der Waals surface area contributed by atoms with Crippen LogP contribution in [-0.2, 0) is 4.74 Å². The molecule has 2 aliphatic rings. The highest BCUT2D eigenvalue weighted by atomic mass is 16.5. The van der Waals surface area contributed by atoms with E-state index in [1.54, 1.807) is 7.11 Å². The van der Waals surface area contributed by atoms with E-state index in [0.29, 0.717) is 29.6 Å². The number of carbonyl (C=O) groups excluding carboxylic acids is 1. The van der Waals surface area contributed by atoms with Gasteiger partial charge in [-0.2, -0.15) is 4.98 Å². The second-order valence-corrected chi connectivity index (χ2v) is 14.0. The number of hydrogen-bond donors (Lipinski definition) is 0. The molecule has 1 aliphatic carbocycles. The summed E-state index contributed by atoms with van der Waals surface area (Å²) in [6.45, 7) is 17.0. The van der Waals surface area contributed by atoms with Crippen molar-refractivity contribution in [3.8, 4) is 17.1 Å². The summed E-state index contributed by atoms with van der Waals surface area (Å²) in [5.41, 5.74) is 6.53. The quantitative estimate of drug-likeness (QED) is 0.215. The number of ether oxygens (including phenoxy) is 2. The summed E-state index contributed by atoms with van der Waals surface area (Å²) < 4.78 is 11.8. The van der Waals surface area contributed by atoms with Crippen LogP contribution in [0.1, 0.15) is 78.8 Å². The minimum atomic E-state index is -0.0685. The molecule has 1 spiro atoms. The van der Waals surface area contributed by atoms with Crippen LogP contribution in [0.4, 0.5) is 0 Å². The van der Waals surface area contributed by atoms with Gasteiger partial charge in [0.2, 0.25) is 5.88 Å². The molecule has 1 saturated carbocycles. The van der Waals surface area contributed by atoms with Crippen molar-refractivity contribution in [1.82, 2.24) is 19.8 Å². The smallest absolute Gasteiger partial charge is 0.254 e. The number of nitrogens with zero attached hydrogens (tertiary/aromatic N) is 4. The lowest BCUT2D eigenvalue weighted by Gasteiger charge is -2.56. The van der Waals surface area contributed by atoms with Crippen LogP contribution in [-0.4, -0.2) is 77.7 Å². The topological polar surface area (TPSA) is 67.8 Å². The fourth-order valence-corrected chi connectivity index (χ4v) is 7.52. The van der Waals surface area contributed by atoms with E-state index in [0.717, 1.165) is 67.9 Å². The third kappa shape index (κ3) is 7.93. The van der Waals surface area contributed by atoms with Crippen LogP contribution in [0, 0.1) is 39.0 Å². The number of amides is 1. The molecule has 2 heterocycles. The Hall–Kier alpha value is -3.29. The van der Waals surface area contributed by atoms with E-state index in [1.807, 2.05) is 31.2 Å². The maximum Gasteiger partial charge on any atom is 0.254 e. The zero-order chi connectivity index (χ0) is 32.1. The molecule has 1 saturated heterocycles. The van der Waals surface area contributed by atoms with E-state index in [-0.39, 0.29) is 18.0 Å². The first-order chi connectivity index (χ1) is 21.6. The van der Waals surface area contributed by atoms with Gasteiger partial charge in [0, 0.05) is 36.9 Å². The van der Waals surface area contributed by atoms with Gasteiger partial charge in [0.1, 0.15) is 12.4 Å². The van der Waals surface area contributed by atoms with Gasteiger partial charge in [0.25, 0.3) is 5.91 Å². The number of rotatable bonds is 12. The molecule has 3 aromatic rings. The summed E-state index contributed by atoms with van der Waals surface area (Å²) in [4.78, 5) is 28.5. The van der Waals surface area contributed by atoms with E-state index in [4.69, 9.17) is 14.5 Å². The molecule has 0 radical (unpaired) electrons. The van der Waals surface area contributed by atoms with Gasteiger partial charge in [0.05, 0.1) is 18.3 Å². The number of piperidine rings is 1. The van der Waals surface area contributed by atoms with Crippen LogP contribution in [0.3, 0.4) is 0 Å². The Labute approximate surface area is 270 Å². The largest absolute Gasteiger partial charge is 0.475 e. The summed E-state index contributed by atoms with van der Waals surface area (Å²) >= 11 is 0. The Morgan fingerprint density at radius 1 is 1.00 bits per heavy atom. The molecule has 1 atom stereocenters. The molecule has 1 amide bonds. The number of carbonyl (C=O) groups is 1. The van der Waals surface area contributed by atoms with E-state index in [2.05, 4.69) is 73.7 Å². The fraction of sp³-hybridized carbons (Fsp3) is 0.553. The monoisotopic (exact) mass is 612 g/mol. The van der Waals surface area contributed by atoms with E-state index >= 15 is 0 Å². The summed E-state index contributed by atoms with van der Waals surface area (Å²) in [6, 6.07) is 16.4. The summed E-state index contributed by atoms with van der Waals surface area (Å²) in [7, 11) is 1.77. The normalized spacial score (nSPS) is 17.3. The molecular formula is C38H52N4O3. The lowest BCUT2D eigenvalue weighted by Crippen LogP contribution is -2.60. The van der Waals surface area contributed by atoms with Crippen molar-refractivity contribution in [2.45, 2.75) is 85.7 Å². The van der Waals surface area contributed by atoms with Crippen molar-refractivity contribution < 1.29 is 14.3 Å². The number of aryl methyl sites for hydroxylation is 4. The third-order valence-corrected chi connectivity index (χ3v) is 9.87. The molecule has 0 bridgehead atoms. The zero-order valence-electron chi connectivity index (χ0n) is 28.4. The average molecular weight is 613 g/mol. The molecule has 1 aromatic heterocycles. The van der Waals surface area contributed by atoms with Crippen LogP contribution in [0.15, 0.2) is 48.5 Å². The molecule has 1 aliphatic heterocycles. The van der Waals surface area contributed by atoms with Crippen molar-refractivity contribution in [3.05, 3.63) is 76.6 Å². The van der Waals surface area contributed by atoms with Crippen molar-refractivity contribution in [1.29, 1.82) is 0 Å². The Bertz CT molecular complexity index is 1430. The zero-order valence-corrected chi connectivity index (χ0v) is 28.4. The van der Waals surface area contributed by atoms with Gasteiger partial charge >= 0.3 is 0 Å². The van der Waals surface area contributed by atoms with E-state index < -0.39 is 0 Å². The number of benzene rings is 2. The Morgan fingerprint density at radius 3 is 2.33 bits per heavy atom. The van der Waals surface area contributed by atoms with Gasteiger partial charge in [0.15, 0.2) is 0 Å². The highest BCUT2D eigenvalue weighted by Gasteiger charge is 2.50. The lowest BCUT2D eigenvalue weighted by atomic mass is 9.59. The maximum atomic E-state index is 14.4. The minimum Gasteiger partial charge on any atom is -0.475 e. The third-order valence-electron chi connectivity index (χ3n) is 9.87. The predicted octanol–water partition coefficient (Wildman–Crippen LogP) is 7.20. The molecular weight excluding hydrogens is 560 g/mol. The van der Waals surface area contributed by atoms with Gasteiger partial charge in [-0.1, -0.05) is 49.7 Å². The van der Waals surface area contributed by atoms with E-state index in [1.165, 1.54) is 24.0 Å². The maximum absolute atomic E-state index is 14.4. The molecule has 2 aromatic carbocycles. The van der Waals surface area contributed by atoms with Crippen LogP contribution in [0.25, 0.3) is 11.3 Å². The van der Waals surface area contributed by atoms with Crippen LogP contribution >= 0.6 is 0 Å². The summed E-state index contributed by atoms with van der Waals surface area (Å²) in [5, 5.41) is 0. The molecule has 242 valence electrons. The second kappa shape index (κ2) is 14.4. The standard InChI is InChI=1S/C38H52N4O3/c1-26(2)20-32(25-45-35-22-34(39-30(6)40-35)36-28(4)11-9-12-29(36)5)42(37(43)31-13-8-10-27(3)21-31)33-23-38(24-33)14-16-41(17-15-38)18-19-44-7/h8-13,21-22,26,32-33H,14-20,23-25H2,1-7H3/t32-/m1/s1. The predicted molar refractivity (Wildman–Crippen MR) is 181 cm³/mol. The van der Waals surface area contributed by atoms with Crippen molar-refractivity contribution >= 4 is 5.91 Å². The minimum absolute atomic E-state index is 0.0685. The van der Waals surface area contributed by atoms with Crippen LogP contribution < -0.4 is 4.74 Å². The average Bonchev–Trinajstić information content (AvgIpc) is 2.98. The molecule has 45 heavy (non-hydrogen) atoms. The first-order valence-electron chi connectivity index (χ1n) is 16.7. The second-order valence-electron chi connectivity index (χ2n) is 14.0. The number of methoxy groups -OCH3 is 1. The highest BCUT2D eigenvalue weighted by Crippen LogP contribution is 2.51. The summed E-state index contributed by atoms with van der Waals surface area (Å²) in [6.07, 6.45) is 5.35. The summed E-state index contributed by atoms with van der Waals surface area (Å²) in [5.74, 6) is 1.75. The molecule has 0 unspecified atom stereocenters. The Morgan fingerprint density at radius 2 is 1.69 bits per heavy atom. The van der Waals surface area contributed by atoms with Gasteiger partial charge in [-0.3, -0.25) is 4.79 Å².